The third-order valence-electron chi connectivity index (χ3n) is 9.20. The molecule has 2 rings (SSSR count). The molecule has 0 radical (unpaired) electrons. The van der Waals surface area contributed by atoms with Crippen LogP contribution in [0.2, 0.25) is 0 Å². The molecule has 0 spiro atoms. The zero-order valence-electron chi connectivity index (χ0n) is 29.3. The highest BCUT2D eigenvalue weighted by molar-refractivity contribution is 7.99. The number of hydrazine groups is 1. The Balaban J connectivity index is 1.82. The molecule has 0 aromatic carbocycles. The minimum Gasteiger partial charge on any atom is -0.450 e. The van der Waals surface area contributed by atoms with E-state index in [-0.39, 0.29) is 30.7 Å². The number of hydrogen-bond donors (Lipinski definition) is 2. The van der Waals surface area contributed by atoms with Gasteiger partial charge in [-0.1, -0.05) is 84.0 Å². The van der Waals surface area contributed by atoms with Crippen LogP contribution < -0.4 is 10.7 Å². The standard InChI is InChI=1S/C35H64N4O5S/c1-7-9-10-11-12-13-14-15-16-20-24-45-25-23-30(40)37-38(29-21-18-17-19-22-29)32(42)31(41)36-28-26-34(3,4)39(33(43)44-8-2)35(5,6)27-28/h28-29H,7-27H2,1-6H3,(H,36,41)(H,37,40). The summed E-state index contributed by atoms with van der Waals surface area (Å²) in [5.74, 6) is 0.0984. The van der Waals surface area contributed by atoms with Crippen molar-refractivity contribution in [1.29, 1.82) is 0 Å². The molecule has 0 bridgehead atoms. The Morgan fingerprint density at radius 1 is 0.800 bits per heavy atom. The summed E-state index contributed by atoms with van der Waals surface area (Å²) in [7, 11) is 0. The van der Waals surface area contributed by atoms with E-state index in [2.05, 4.69) is 17.7 Å². The second kappa shape index (κ2) is 20.3. The van der Waals surface area contributed by atoms with Crippen LogP contribution in [0.25, 0.3) is 0 Å². The summed E-state index contributed by atoms with van der Waals surface area (Å²) in [4.78, 5) is 54.3. The molecule has 10 heteroatoms. The lowest BCUT2D eigenvalue weighted by atomic mass is 9.77. The van der Waals surface area contributed by atoms with Crippen molar-refractivity contribution in [2.75, 3.05) is 18.1 Å². The van der Waals surface area contributed by atoms with Gasteiger partial charge >= 0.3 is 17.9 Å². The van der Waals surface area contributed by atoms with Gasteiger partial charge in [-0.25, -0.2) is 9.80 Å². The summed E-state index contributed by atoms with van der Waals surface area (Å²) in [6.45, 7) is 12.1. The molecule has 2 fully saturated rings. The lowest BCUT2D eigenvalue weighted by Gasteiger charge is -2.54. The van der Waals surface area contributed by atoms with Crippen LogP contribution >= 0.6 is 11.8 Å². The van der Waals surface area contributed by atoms with Gasteiger partial charge in [0.2, 0.25) is 5.91 Å². The summed E-state index contributed by atoms with van der Waals surface area (Å²) >= 11 is 1.78. The average Bonchev–Trinajstić information content (AvgIpc) is 2.97. The molecule has 0 atom stereocenters. The van der Waals surface area contributed by atoms with Crippen LogP contribution in [0.4, 0.5) is 4.79 Å². The fraction of sp³-hybridized carbons (Fsp3) is 0.886. The third kappa shape index (κ3) is 13.7. The molecule has 2 N–H and O–H groups in total. The summed E-state index contributed by atoms with van der Waals surface area (Å²) in [5, 5.41) is 4.26. The molecule has 260 valence electrons. The number of likely N-dealkylation sites (tertiary alicyclic amines) is 1. The number of hydrogen-bond acceptors (Lipinski definition) is 6. The van der Waals surface area contributed by atoms with Crippen molar-refractivity contribution in [2.45, 2.75) is 180 Å². The van der Waals surface area contributed by atoms with E-state index in [0.29, 0.717) is 25.0 Å². The topological polar surface area (TPSA) is 108 Å². The highest BCUT2D eigenvalue weighted by Gasteiger charge is 2.49. The molecule has 2 aliphatic rings. The lowest BCUT2D eigenvalue weighted by Crippen LogP contribution is -2.67. The van der Waals surface area contributed by atoms with Crippen LogP contribution in [0.1, 0.15) is 157 Å². The van der Waals surface area contributed by atoms with Gasteiger partial charge in [0.1, 0.15) is 0 Å². The van der Waals surface area contributed by atoms with Crippen molar-refractivity contribution >= 4 is 35.6 Å². The maximum Gasteiger partial charge on any atom is 0.410 e. The first-order valence-electron chi connectivity index (χ1n) is 17.9. The molecule has 45 heavy (non-hydrogen) atoms. The first-order chi connectivity index (χ1) is 21.4. The van der Waals surface area contributed by atoms with Gasteiger partial charge in [-0.15, -0.1) is 0 Å². The van der Waals surface area contributed by atoms with E-state index < -0.39 is 22.9 Å². The molecule has 4 amide bonds. The van der Waals surface area contributed by atoms with Gasteiger partial charge < -0.3 is 10.1 Å². The molecule has 9 nitrogen and oxygen atoms in total. The molecule has 1 saturated heterocycles. The Kier molecular flexibility index (Phi) is 17.7. The van der Waals surface area contributed by atoms with Crippen molar-refractivity contribution in [2.24, 2.45) is 0 Å². The molecule has 1 saturated carbocycles. The lowest BCUT2D eigenvalue weighted by molar-refractivity contribution is -0.154. The van der Waals surface area contributed by atoms with Crippen LogP contribution in [-0.2, 0) is 19.1 Å². The third-order valence-corrected chi connectivity index (χ3v) is 10.3. The predicted molar refractivity (Wildman–Crippen MR) is 184 cm³/mol. The first kappa shape index (κ1) is 39.2. The number of piperidine rings is 1. The number of amides is 4. The van der Waals surface area contributed by atoms with E-state index in [0.717, 1.165) is 37.9 Å². The van der Waals surface area contributed by atoms with Crippen molar-refractivity contribution < 1.29 is 23.9 Å². The van der Waals surface area contributed by atoms with Crippen molar-refractivity contribution in [3.8, 4) is 0 Å². The molecule has 1 heterocycles. The van der Waals surface area contributed by atoms with Gasteiger partial charge in [-0.3, -0.25) is 24.7 Å². The summed E-state index contributed by atoms with van der Waals surface area (Å²) < 4.78 is 5.32. The summed E-state index contributed by atoms with van der Waals surface area (Å²) in [5.41, 5.74) is 1.65. The monoisotopic (exact) mass is 652 g/mol. The minimum absolute atomic E-state index is 0.182. The molecular formula is C35H64N4O5S. The normalized spacial score (nSPS) is 18.3. The number of carbonyl (C=O) groups excluding carboxylic acids is 4. The number of thioether (sulfide) groups is 1. The van der Waals surface area contributed by atoms with Crippen LogP contribution in [0.15, 0.2) is 0 Å². The highest BCUT2D eigenvalue weighted by Crippen LogP contribution is 2.39. The molecule has 0 aromatic rings. The zero-order chi connectivity index (χ0) is 33.3. The van der Waals surface area contributed by atoms with E-state index in [1.165, 1.54) is 69.2 Å². The number of carbonyl (C=O) groups is 4. The molecular weight excluding hydrogens is 588 g/mol. The van der Waals surface area contributed by atoms with Gasteiger partial charge in [0.05, 0.1) is 12.6 Å². The SMILES string of the molecule is CCCCCCCCCCCCSCCC(=O)NN(C(=O)C(=O)NC1CC(C)(C)N(C(=O)OCC)C(C)(C)C1)C1CCCCC1. The Hall–Kier alpha value is -1.97. The fourth-order valence-electron chi connectivity index (χ4n) is 7.22. The van der Waals surface area contributed by atoms with Crippen LogP contribution in [0, 0.1) is 0 Å². The zero-order valence-corrected chi connectivity index (χ0v) is 30.2. The Bertz CT molecular complexity index is 904. The second-order valence-electron chi connectivity index (χ2n) is 14.3. The van der Waals surface area contributed by atoms with Crippen LogP contribution in [0.5, 0.6) is 0 Å². The van der Waals surface area contributed by atoms with E-state index >= 15 is 0 Å². The maximum absolute atomic E-state index is 13.5. The summed E-state index contributed by atoms with van der Waals surface area (Å²) in [6, 6.07) is -0.484. The maximum atomic E-state index is 13.5. The Labute approximate surface area is 278 Å². The van der Waals surface area contributed by atoms with Gasteiger partial charge in [0.25, 0.3) is 0 Å². The highest BCUT2D eigenvalue weighted by atomic mass is 32.2. The predicted octanol–water partition coefficient (Wildman–Crippen LogP) is 7.52. The second-order valence-corrected chi connectivity index (χ2v) is 15.5. The number of unbranched alkanes of at least 4 members (excludes halogenated alkanes) is 9. The number of nitrogens with one attached hydrogen (secondary N) is 2. The van der Waals surface area contributed by atoms with Gasteiger partial charge in [-0.2, -0.15) is 11.8 Å². The Morgan fingerprint density at radius 2 is 1.36 bits per heavy atom. The number of rotatable bonds is 17. The average molecular weight is 653 g/mol. The quantitative estimate of drug-likeness (QED) is 0.0956. The number of nitrogens with zero attached hydrogens (tertiary/aromatic N) is 2. The van der Waals surface area contributed by atoms with Gasteiger partial charge in [0.15, 0.2) is 0 Å². The van der Waals surface area contributed by atoms with E-state index in [4.69, 9.17) is 4.74 Å². The van der Waals surface area contributed by atoms with E-state index in [9.17, 15) is 19.2 Å². The van der Waals surface area contributed by atoms with E-state index in [1.54, 1.807) is 23.6 Å². The fourth-order valence-corrected chi connectivity index (χ4v) is 8.16. The minimum atomic E-state index is -0.711. The Morgan fingerprint density at radius 3 is 1.91 bits per heavy atom. The summed E-state index contributed by atoms with van der Waals surface area (Å²) in [6.07, 6.45) is 18.6. The molecule has 1 aliphatic heterocycles. The smallest absolute Gasteiger partial charge is 0.410 e. The first-order valence-corrected chi connectivity index (χ1v) is 19.1. The van der Waals surface area contributed by atoms with Crippen molar-refractivity contribution in [1.82, 2.24) is 20.7 Å². The largest absolute Gasteiger partial charge is 0.450 e. The van der Waals surface area contributed by atoms with Crippen molar-refractivity contribution in [3.63, 3.8) is 0 Å². The van der Waals surface area contributed by atoms with E-state index in [1.807, 2.05) is 27.7 Å². The van der Waals surface area contributed by atoms with Crippen LogP contribution in [-0.4, -0.2) is 75.0 Å². The number of ether oxygens (including phenoxy) is 1. The van der Waals surface area contributed by atoms with Gasteiger partial charge in [-0.05, 0) is 72.5 Å². The molecule has 1 aliphatic carbocycles. The van der Waals surface area contributed by atoms with Gasteiger partial charge in [0, 0.05) is 29.3 Å². The molecule has 0 unspecified atom stereocenters. The van der Waals surface area contributed by atoms with Crippen LogP contribution in [0.3, 0.4) is 0 Å². The molecule has 0 aromatic heterocycles. The van der Waals surface area contributed by atoms with Crippen molar-refractivity contribution in [3.05, 3.63) is 0 Å².